The zero-order chi connectivity index (χ0) is 17.6. The molecule has 0 atom stereocenters. The van der Waals surface area contributed by atoms with Crippen LogP contribution in [0.5, 0.6) is 0 Å². The molecule has 0 heterocycles. The fourth-order valence-corrected chi connectivity index (χ4v) is 2.80. The molecule has 3 rings (SSSR count). The fourth-order valence-electron chi connectivity index (χ4n) is 2.46. The van der Waals surface area contributed by atoms with Gasteiger partial charge < -0.3 is 10.6 Å². The third-order valence-electron chi connectivity index (χ3n) is 3.66. The predicted octanol–water partition coefficient (Wildman–Crippen LogP) is 5.31. The highest BCUT2D eigenvalue weighted by Gasteiger charge is 2.09. The minimum absolute atomic E-state index is 0.0261. The lowest BCUT2D eigenvalue weighted by Gasteiger charge is -2.12. The quantitative estimate of drug-likeness (QED) is 0.611. The first kappa shape index (κ1) is 17.2. The summed E-state index contributed by atoms with van der Waals surface area (Å²) in [7, 11) is 0. The standard InChI is InChI=1S/C20H16BrFN2O/c21-15-10-11-19(17(22)12-15)23-13-20(25)24-18-9-5-4-8-16(18)14-6-2-1-3-7-14/h1-12,23H,13H2,(H,24,25). The number of para-hydroxylation sites is 1. The van der Waals surface area contributed by atoms with Gasteiger partial charge >= 0.3 is 0 Å². The molecule has 25 heavy (non-hydrogen) atoms. The van der Waals surface area contributed by atoms with Crippen molar-refractivity contribution in [1.82, 2.24) is 0 Å². The Morgan fingerprint density at radius 1 is 0.920 bits per heavy atom. The van der Waals surface area contributed by atoms with Crippen LogP contribution in [0.15, 0.2) is 77.3 Å². The van der Waals surface area contributed by atoms with E-state index in [-0.39, 0.29) is 18.1 Å². The lowest BCUT2D eigenvalue weighted by atomic mass is 10.0. The normalized spacial score (nSPS) is 10.3. The number of carbonyl (C=O) groups is 1. The molecule has 0 aromatic heterocycles. The van der Waals surface area contributed by atoms with Crippen molar-refractivity contribution in [1.29, 1.82) is 0 Å². The zero-order valence-electron chi connectivity index (χ0n) is 13.3. The summed E-state index contributed by atoms with van der Waals surface area (Å²) in [5.41, 5.74) is 2.96. The smallest absolute Gasteiger partial charge is 0.243 e. The third-order valence-corrected chi connectivity index (χ3v) is 4.15. The molecule has 0 aliphatic heterocycles. The molecule has 3 nitrogen and oxygen atoms in total. The SMILES string of the molecule is O=C(CNc1ccc(Br)cc1F)Nc1ccccc1-c1ccccc1. The summed E-state index contributed by atoms with van der Waals surface area (Å²) in [4.78, 5) is 12.2. The molecule has 0 aliphatic rings. The maximum Gasteiger partial charge on any atom is 0.243 e. The van der Waals surface area contributed by atoms with E-state index in [1.807, 2.05) is 54.6 Å². The van der Waals surface area contributed by atoms with Crippen LogP contribution in [0.1, 0.15) is 0 Å². The molecule has 126 valence electrons. The molecule has 0 saturated carbocycles. The Morgan fingerprint density at radius 2 is 1.64 bits per heavy atom. The van der Waals surface area contributed by atoms with Crippen molar-refractivity contribution >= 4 is 33.2 Å². The van der Waals surface area contributed by atoms with Gasteiger partial charge in [-0.2, -0.15) is 0 Å². The Bertz CT molecular complexity index is 884. The van der Waals surface area contributed by atoms with E-state index in [1.54, 1.807) is 12.1 Å². The predicted molar refractivity (Wildman–Crippen MR) is 103 cm³/mol. The van der Waals surface area contributed by atoms with Gasteiger partial charge in [0.25, 0.3) is 0 Å². The van der Waals surface area contributed by atoms with E-state index in [9.17, 15) is 9.18 Å². The van der Waals surface area contributed by atoms with E-state index in [1.165, 1.54) is 6.07 Å². The molecule has 3 aromatic carbocycles. The van der Waals surface area contributed by atoms with Gasteiger partial charge in [-0.15, -0.1) is 0 Å². The van der Waals surface area contributed by atoms with Crippen molar-refractivity contribution in [2.75, 3.05) is 17.2 Å². The van der Waals surface area contributed by atoms with Gasteiger partial charge in [0, 0.05) is 15.7 Å². The van der Waals surface area contributed by atoms with E-state index in [4.69, 9.17) is 0 Å². The highest BCUT2D eigenvalue weighted by Crippen LogP contribution is 2.27. The number of nitrogens with one attached hydrogen (secondary N) is 2. The second kappa shape index (κ2) is 7.94. The van der Waals surface area contributed by atoms with Crippen LogP contribution >= 0.6 is 15.9 Å². The van der Waals surface area contributed by atoms with Gasteiger partial charge in [0.1, 0.15) is 5.82 Å². The minimum atomic E-state index is -0.410. The van der Waals surface area contributed by atoms with Crippen molar-refractivity contribution in [2.45, 2.75) is 0 Å². The number of hydrogen-bond donors (Lipinski definition) is 2. The summed E-state index contributed by atoms with van der Waals surface area (Å²) in [6.07, 6.45) is 0. The van der Waals surface area contributed by atoms with Gasteiger partial charge in [0.05, 0.1) is 12.2 Å². The van der Waals surface area contributed by atoms with Gasteiger partial charge in [-0.25, -0.2) is 4.39 Å². The molecule has 0 spiro atoms. The van der Waals surface area contributed by atoms with Crippen molar-refractivity contribution in [3.63, 3.8) is 0 Å². The van der Waals surface area contributed by atoms with E-state index in [2.05, 4.69) is 26.6 Å². The van der Waals surface area contributed by atoms with Crippen molar-refractivity contribution in [3.8, 4) is 11.1 Å². The van der Waals surface area contributed by atoms with Crippen LogP contribution in [-0.2, 0) is 4.79 Å². The monoisotopic (exact) mass is 398 g/mol. The summed E-state index contributed by atoms with van der Waals surface area (Å²) in [6, 6.07) is 22.1. The number of halogens is 2. The first-order chi connectivity index (χ1) is 12.1. The Labute approximate surface area is 154 Å². The van der Waals surface area contributed by atoms with Crippen LogP contribution in [-0.4, -0.2) is 12.5 Å². The van der Waals surface area contributed by atoms with E-state index >= 15 is 0 Å². The summed E-state index contributed by atoms with van der Waals surface area (Å²) in [5.74, 6) is -0.655. The topological polar surface area (TPSA) is 41.1 Å². The van der Waals surface area contributed by atoms with Gasteiger partial charge in [-0.3, -0.25) is 4.79 Å². The molecule has 5 heteroatoms. The minimum Gasteiger partial charge on any atom is -0.374 e. The van der Waals surface area contributed by atoms with Crippen LogP contribution in [0.25, 0.3) is 11.1 Å². The third kappa shape index (κ3) is 4.45. The van der Waals surface area contributed by atoms with Crippen LogP contribution in [0, 0.1) is 5.82 Å². The highest BCUT2D eigenvalue weighted by molar-refractivity contribution is 9.10. The summed E-state index contributed by atoms with van der Waals surface area (Å²) >= 11 is 3.20. The van der Waals surface area contributed by atoms with Crippen LogP contribution in [0.3, 0.4) is 0 Å². The summed E-state index contributed by atoms with van der Waals surface area (Å²) in [5, 5.41) is 5.69. The van der Waals surface area contributed by atoms with Crippen molar-refractivity contribution in [3.05, 3.63) is 83.1 Å². The maximum absolute atomic E-state index is 13.8. The lowest BCUT2D eigenvalue weighted by Crippen LogP contribution is -2.22. The number of benzene rings is 3. The summed E-state index contributed by atoms with van der Waals surface area (Å²) < 4.78 is 14.4. The van der Waals surface area contributed by atoms with Crippen molar-refractivity contribution < 1.29 is 9.18 Å². The molecule has 1 amide bonds. The first-order valence-corrected chi connectivity index (χ1v) is 8.56. The number of hydrogen-bond acceptors (Lipinski definition) is 2. The van der Waals surface area contributed by atoms with Crippen LogP contribution in [0.2, 0.25) is 0 Å². The average Bonchev–Trinajstić information content (AvgIpc) is 2.62. The largest absolute Gasteiger partial charge is 0.374 e. The Morgan fingerprint density at radius 3 is 2.40 bits per heavy atom. The number of anilines is 2. The van der Waals surface area contributed by atoms with Gasteiger partial charge in [-0.05, 0) is 29.8 Å². The first-order valence-electron chi connectivity index (χ1n) is 7.77. The molecule has 0 radical (unpaired) electrons. The van der Waals surface area contributed by atoms with Gasteiger partial charge in [0.15, 0.2) is 0 Å². The number of carbonyl (C=O) groups excluding carboxylic acids is 1. The number of amides is 1. The highest BCUT2D eigenvalue weighted by atomic mass is 79.9. The lowest BCUT2D eigenvalue weighted by molar-refractivity contribution is -0.114. The van der Waals surface area contributed by atoms with Gasteiger partial charge in [0.2, 0.25) is 5.91 Å². The molecule has 0 fully saturated rings. The molecule has 0 bridgehead atoms. The molecular formula is C20H16BrFN2O. The van der Waals surface area contributed by atoms with E-state index in [0.29, 0.717) is 4.47 Å². The second-order valence-electron chi connectivity index (χ2n) is 5.44. The molecule has 0 saturated heterocycles. The Hall–Kier alpha value is -2.66. The second-order valence-corrected chi connectivity index (χ2v) is 6.35. The average molecular weight is 399 g/mol. The van der Waals surface area contributed by atoms with E-state index < -0.39 is 5.82 Å². The molecule has 0 unspecified atom stereocenters. The molecular weight excluding hydrogens is 383 g/mol. The Balaban J connectivity index is 1.69. The molecule has 2 N–H and O–H groups in total. The fraction of sp³-hybridized carbons (Fsp3) is 0.0500. The zero-order valence-corrected chi connectivity index (χ0v) is 14.9. The molecule has 3 aromatic rings. The van der Waals surface area contributed by atoms with Gasteiger partial charge in [-0.1, -0.05) is 64.5 Å². The van der Waals surface area contributed by atoms with E-state index in [0.717, 1.165) is 16.8 Å². The van der Waals surface area contributed by atoms with Crippen molar-refractivity contribution in [2.24, 2.45) is 0 Å². The maximum atomic E-state index is 13.8. The number of rotatable bonds is 5. The van der Waals surface area contributed by atoms with Crippen LogP contribution in [0.4, 0.5) is 15.8 Å². The molecule has 0 aliphatic carbocycles. The van der Waals surface area contributed by atoms with Crippen LogP contribution < -0.4 is 10.6 Å². The summed E-state index contributed by atoms with van der Waals surface area (Å²) in [6.45, 7) is -0.0261. The Kier molecular flexibility index (Phi) is 5.46.